The van der Waals surface area contributed by atoms with Crippen LogP contribution in [0.15, 0.2) is 0 Å². The molecule has 2 N–H and O–H groups in total. The maximum absolute atomic E-state index is 11.9. The van der Waals surface area contributed by atoms with E-state index in [-0.39, 0.29) is 11.3 Å². The Morgan fingerprint density at radius 2 is 1.78 bits per heavy atom. The fraction of sp³-hybridized carbons (Fsp3) is 1.00. The number of sulfonamides is 1. The van der Waals surface area contributed by atoms with Crippen LogP contribution in [0.1, 0.15) is 60.3 Å². The van der Waals surface area contributed by atoms with Crippen LogP contribution in [0.2, 0.25) is 0 Å². The summed E-state index contributed by atoms with van der Waals surface area (Å²) in [6.07, 6.45) is 3.44. The number of unbranched alkanes of at least 4 members (excludes halogenated alkanes) is 1. The van der Waals surface area contributed by atoms with E-state index in [1.807, 2.05) is 13.8 Å². The molecule has 0 spiro atoms. The van der Waals surface area contributed by atoms with E-state index >= 15 is 0 Å². The molecule has 0 aliphatic heterocycles. The van der Waals surface area contributed by atoms with Crippen molar-refractivity contribution in [1.29, 1.82) is 0 Å². The average molecular weight is 278 g/mol. The van der Waals surface area contributed by atoms with E-state index in [4.69, 9.17) is 0 Å². The van der Waals surface area contributed by atoms with Gasteiger partial charge in [0.15, 0.2) is 0 Å². The lowest BCUT2D eigenvalue weighted by atomic mass is 10.0. The molecule has 110 valence electrons. The molecule has 0 atom stereocenters. The van der Waals surface area contributed by atoms with Crippen LogP contribution in [0.5, 0.6) is 0 Å². The Morgan fingerprint density at radius 3 is 2.28 bits per heavy atom. The van der Waals surface area contributed by atoms with Crippen molar-refractivity contribution < 1.29 is 8.42 Å². The highest BCUT2D eigenvalue weighted by molar-refractivity contribution is 7.89. The number of nitrogens with one attached hydrogen (secondary N) is 2. The average Bonchev–Trinajstić information content (AvgIpc) is 2.14. The van der Waals surface area contributed by atoms with Crippen molar-refractivity contribution in [2.75, 3.05) is 12.3 Å². The van der Waals surface area contributed by atoms with Gasteiger partial charge in [0.1, 0.15) is 0 Å². The second kappa shape index (κ2) is 8.12. The molecule has 0 aromatic carbocycles. The van der Waals surface area contributed by atoms with Crippen LogP contribution in [-0.4, -0.2) is 32.3 Å². The zero-order chi connectivity index (χ0) is 14.2. The minimum Gasteiger partial charge on any atom is -0.315 e. The molecule has 0 bridgehead atoms. The highest BCUT2D eigenvalue weighted by Gasteiger charge is 2.23. The maximum Gasteiger partial charge on any atom is 0.212 e. The number of rotatable bonds is 10. The third-order valence-electron chi connectivity index (χ3n) is 2.70. The molecule has 5 heteroatoms. The van der Waals surface area contributed by atoms with Crippen molar-refractivity contribution in [3.05, 3.63) is 0 Å². The first-order valence-corrected chi connectivity index (χ1v) is 8.59. The Balaban J connectivity index is 3.94. The van der Waals surface area contributed by atoms with Gasteiger partial charge in [-0.25, -0.2) is 13.1 Å². The molecule has 0 aliphatic carbocycles. The van der Waals surface area contributed by atoms with Crippen molar-refractivity contribution in [2.45, 2.75) is 71.9 Å². The summed E-state index contributed by atoms with van der Waals surface area (Å²) in [6.45, 7) is 11.0. The first-order chi connectivity index (χ1) is 8.18. The molecular weight excluding hydrogens is 248 g/mol. The summed E-state index contributed by atoms with van der Waals surface area (Å²) in [5.41, 5.74) is -0.330. The number of hydrogen-bond acceptors (Lipinski definition) is 3. The molecule has 18 heavy (non-hydrogen) atoms. The van der Waals surface area contributed by atoms with Crippen LogP contribution in [0, 0.1) is 0 Å². The highest BCUT2D eigenvalue weighted by atomic mass is 32.2. The molecule has 0 aromatic rings. The highest BCUT2D eigenvalue weighted by Crippen LogP contribution is 2.12. The summed E-state index contributed by atoms with van der Waals surface area (Å²) in [6, 6.07) is 0.461. The van der Waals surface area contributed by atoms with Crippen LogP contribution >= 0.6 is 0 Å². The van der Waals surface area contributed by atoms with Gasteiger partial charge < -0.3 is 5.32 Å². The smallest absolute Gasteiger partial charge is 0.212 e. The zero-order valence-electron chi connectivity index (χ0n) is 12.5. The third-order valence-corrected chi connectivity index (χ3v) is 4.39. The van der Waals surface area contributed by atoms with Crippen molar-refractivity contribution in [3.8, 4) is 0 Å². The van der Waals surface area contributed by atoms with Crippen molar-refractivity contribution in [1.82, 2.24) is 10.0 Å². The van der Waals surface area contributed by atoms with E-state index in [2.05, 4.69) is 30.8 Å². The summed E-state index contributed by atoms with van der Waals surface area (Å²) < 4.78 is 26.6. The summed E-state index contributed by atoms with van der Waals surface area (Å²) in [4.78, 5) is 0. The normalized spacial score (nSPS) is 13.2. The Hall–Kier alpha value is -0.130. The fourth-order valence-electron chi connectivity index (χ4n) is 1.96. The maximum atomic E-state index is 11.9. The summed E-state index contributed by atoms with van der Waals surface area (Å²) >= 11 is 0. The van der Waals surface area contributed by atoms with Gasteiger partial charge in [0.25, 0.3) is 0 Å². The topological polar surface area (TPSA) is 58.2 Å². The molecule has 0 aliphatic rings. The van der Waals surface area contributed by atoms with Gasteiger partial charge in [-0.05, 0) is 39.7 Å². The molecule has 0 unspecified atom stereocenters. The molecule has 4 nitrogen and oxygen atoms in total. The van der Waals surface area contributed by atoms with E-state index in [0.29, 0.717) is 12.5 Å². The van der Waals surface area contributed by atoms with Crippen molar-refractivity contribution >= 4 is 10.0 Å². The van der Waals surface area contributed by atoms with Crippen LogP contribution in [0.25, 0.3) is 0 Å². The van der Waals surface area contributed by atoms with Gasteiger partial charge >= 0.3 is 0 Å². The fourth-order valence-corrected chi connectivity index (χ4v) is 3.59. The minimum atomic E-state index is -3.14. The van der Waals surface area contributed by atoms with E-state index in [0.717, 1.165) is 25.8 Å². The lowest BCUT2D eigenvalue weighted by Gasteiger charge is -2.25. The first-order valence-electron chi connectivity index (χ1n) is 6.93. The molecule has 0 rings (SSSR count). The van der Waals surface area contributed by atoms with E-state index < -0.39 is 10.0 Å². The quantitative estimate of drug-likeness (QED) is 0.603. The molecule has 0 heterocycles. The molecule has 0 amide bonds. The Morgan fingerprint density at radius 1 is 1.17 bits per heavy atom. The summed E-state index contributed by atoms with van der Waals surface area (Å²) in [5, 5.41) is 3.29. The van der Waals surface area contributed by atoms with Gasteiger partial charge in [0.2, 0.25) is 10.0 Å². The zero-order valence-corrected chi connectivity index (χ0v) is 13.4. The van der Waals surface area contributed by atoms with Crippen LogP contribution < -0.4 is 10.0 Å². The molecule has 0 saturated heterocycles. The third kappa shape index (κ3) is 9.85. The van der Waals surface area contributed by atoms with Gasteiger partial charge in [-0.2, -0.15) is 0 Å². The predicted octanol–water partition coefficient (Wildman–Crippen LogP) is 2.26. The predicted molar refractivity (Wildman–Crippen MR) is 78.3 cm³/mol. The molecule has 0 aromatic heterocycles. The van der Waals surface area contributed by atoms with Crippen LogP contribution in [0.3, 0.4) is 0 Å². The summed E-state index contributed by atoms with van der Waals surface area (Å²) in [5.74, 6) is 0.222. The number of hydrogen-bond donors (Lipinski definition) is 2. The molecule has 0 saturated carbocycles. The van der Waals surface area contributed by atoms with Crippen molar-refractivity contribution in [2.24, 2.45) is 0 Å². The molecule has 0 radical (unpaired) electrons. The molecular formula is C13H30N2O2S. The van der Waals surface area contributed by atoms with Gasteiger partial charge in [-0.3, -0.25) is 0 Å². The Bertz CT molecular complexity index is 311. The lowest BCUT2D eigenvalue weighted by Crippen LogP contribution is -2.44. The monoisotopic (exact) mass is 278 g/mol. The Labute approximate surface area is 113 Å². The summed E-state index contributed by atoms with van der Waals surface area (Å²) in [7, 11) is -3.14. The van der Waals surface area contributed by atoms with Crippen LogP contribution in [0.4, 0.5) is 0 Å². The second-order valence-electron chi connectivity index (χ2n) is 5.87. The van der Waals surface area contributed by atoms with E-state index in [1.165, 1.54) is 0 Å². The molecule has 0 fully saturated rings. The Kier molecular flexibility index (Phi) is 8.06. The van der Waals surface area contributed by atoms with Gasteiger partial charge in [-0.1, -0.05) is 27.2 Å². The van der Waals surface area contributed by atoms with E-state index in [9.17, 15) is 8.42 Å². The largest absolute Gasteiger partial charge is 0.315 e. The minimum absolute atomic E-state index is 0.222. The standard InChI is InChI=1S/C13H30N2O2S/c1-6-9-13(4,5)15-18(16,17)11-8-7-10-14-12(2)3/h12,14-15H,6-11H2,1-5H3. The van der Waals surface area contributed by atoms with Crippen LogP contribution in [-0.2, 0) is 10.0 Å². The van der Waals surface area contributed by atoms with Gasteiger partial charge in [-0.15, -0.1) is 0 Å². The van der Waals surface area contributed by atoms with Crippen molar-refractivity contribution in [3.63, 3.8) is 0 Å². The second-order valence-corrected chi connectivity index (χ2v) is 7.71. The van der Waals surface area contributed by atoms with E-state index in [1.54, 1.807) is 0 Å². The van der Waals surface area contributed by atoms with Gasteiger partial charge in [0, 0.05) is 11.6 Å². The SMILES string of the molecule is CCCC(C)(C)NS(=O)(=O)CCCCNC(C)C. The first kappa shape index (κ1) is 17.9. The van der Waals surface area contributed by atoms with Gasteiger partial charge in [0.05, 0.1) is 5.75 Å². The lowest BCUT2D eigenvalue weighted by molar-refractivity contribution is 0.417.